The fraction of sp³-hybridized carbons (Fsp3) is 0.250. The molecule has 0 radical (unpaired) electrons. The van der Waals surface area contributed by atoms with Crippen molar-refractivity contribution in [2.75, 3.05) is 13.1 Å². The van der Waals surface area contributed by atoms with Gasteiger partial charge in [-0.3, -0.25) is 14.3 Å². The molecule has 1 amide bonds. The number of benzene rings is 2. The van der Waals surface area contributed by atoms with Crippen LogP contribution < -0.4 is 5.56 Å². The molecule has 1 fully saturated rings. The van der Waals surface area contributed by atoms with E-state index in [1.54, 1.807) is 35.2 Å². The summed E-state index contributed by atoms with van der Waals surface area (Å²) >= 11 is 0. The lowest BCUT2D eigenvalue weighted by molar-refractivity contribution is -0.137. The van der Waals surface area contributed by atoms with Crippen molar-refractivity contribution < 1.29 is 27.5 Å². The predicted molar refractivity (Wildman–Crippen MR) is 139 cm³/mol. The lowest BCUT2D eigenvalue weighted by Gasteiger charge is -2.28. The van der Waals surface area contributed by atoms with Crippen LogP contribution in [-0.2, 0) is 22.8 Å². The van der Waals surface area contributed by atoms with E-state index in [-0.39, 0.29) is 16.9 Å². The number of likely N-dealkylation sites (tertiary alicyclic amines) is 1. The zero-order chi connectivity index (χ0) is 29.3. The first-order valence-electron chi connectivity index (χ1n) is 12.6. The highest BCUT2D eigenvalue weighted by Gasteiger charge is 2.34. The molecular formula is C28H23F3N6O4. The number of esters is 1. The minimum absolute atomic E-state index is 0.0737. The lowest BCUT2D eigenvalue weighted by atomic mass is 10.1. The minimum Gasteiger partial charge on any atom is -0.458 e. The second-order valence-electron chi connectivity index (χ2n) is 9.45. The molecule has 41 heavy (non-hydrogen) atoms. The van der Waals surface area contributed by atoms with Gasteiger partial charge in [0, 0.05) is 33.0 Å². The Hall–Kier alpha value is -5.12. The number of carbonyl (C=O) groups is 2. The van der Waals surface area contributed by atoms with Crippen LogP contribution in [-0.4, -0.2) is 55.6 Å². The summed E-state index contributed by atoms with van der Waals surface area (Å²) < 4.78 is 49.9. The number of hydrogen-bond acceptors (Lipinski definition) is 6. The van der Waals surface area contributed by atoms with Gasteiger partial charge < -0.3 is 9.64 Å². The molecule has 1 aliphatic heterocycles. The van der Waals surface area contributed by atoms with Gasteiger partial charge in [-0.1, -0.05) is 6.07 Å². The van der Waals surface area contributed by atoms with Crippen molar-refractivity contribution in [3.05, 3.63) is 87.8 Å². The molecule has 1 aliphatic rings. The van der Waals surface area contributed by atoms with Gasteiger partial charge >= 0.3 is 12.1 Å². The number of alkyl halides is 3. The smallest absolute Gasteiger partial charge is 0.416 e. The molecule has 10 nitrogen and oxygen atoms in total. The molecule has 0 saturated carbocycles. The van der Waals surface area contributed by atoms with E-state index >= 15 is 0 Å². The van der Waals surface area contributed by atoms with E-state index in [2.05, 4.69) is 5.10 Å². The Bertz CT molecular complexity index is 1700. The molecule has 2 aromatic carbocycles. The quantitative estimate of drug-likeness (QED) is 0.261. The zero-order valence-electron chi connectivity index (χ0n) is 21.7. The molecule has 4 aromatic rings. The van der Waals surface area contributed by atoms with Gasteiger partial charge in [-0.05, 0) is 48.5 Å². The fourth-order valence-corrected chi connectivity index (χ4v) is 4.86. The Kier molecular flexibility index (Phi) is 7.23. The highest BCUT2D eigenvalue weighted by molar-refractivity contribution is 5.96. The van der Waals surface area contributed by atoms with Crippen LogP contribution in [0.1, 0.15) is 34.3 Å². The lowest BCUT2D eigenvalue weighted by Crippen LogP contribution is -2.37. The van der Waals surface area contributed by atoms with E-state index in [1.807, 2.05) is 6.07 Å². The molecular weight excluding hydrogens is 541 g/mol. The highest BCUT2D eigenvalue weighted by atomic mass is 19.4. The van der Waals surface area contributed by atoms with Gasteiger partial charge in [0.15, 0.2) is 5.56 Å². The second-order valence-corrected chi connectivity index (χ2v) is 9.45. The van der Waals surface area contributed by atoms with Gasteiger partial charge in [0.2, 0.25) is 6.41 Å². The third kappa shape index (κ3) is 5.23. The van der Waals surface area contributed by atoms with E-state index in [0.717, 1.165) is 16.8 Å². The molecule has 0 atom stereocenters. The third-order valence-electron chi connectivity index (χ3n) is 6.91. The molecule has 13 heteroatoms. The van der Waals surface area contributed by atoms with E-state index in [1.165, 1.54) is 34.7 Å². The molecule has 0 aliphatic carbocycles. The van der Waals surface area contributed by atoms with Gasteiger partial charge in [0.05, 0.1) is 40.5 Å². The number of piperidine rings is 1. The Morgan fingerprint density at radius 2 is 1.80 bits per heavy atom. The van der Waals surface area contributed by atoms with Crippen LogP contribution in [0.4, 0.5) is 13.2 Å². The number of hydrogen-bond donors (Lipinski definition) is 0. The summed E-state index contributed by atoms with van der Waals surface area (Å²) in [4.78, 5) is 40.0. The first-order chi connectivity index (χ1) is 19.6. The summed E-state index contributed by atoms with van der Waals surface area (Å²) in [5, 5.41) is 13.5. The Labute approximate surface area is 231 Å². The number of amides is 1. The fourth-order valence-electron chi connectivity index (χ4n) is 4.86. The van der Waals surface area contributed by atoms with E-state index in [9.17, 15) is 27.6 Å². The van der Waals surface area contributed by atoms with Gasteiger partial charge in [0.25, 0.3) is 5.56 Å². The van der Waals surface area contributed by atoms with E-state index in [0.29, 0.717) is 49.3 Å². The third-order valence-corrected chi connectivity index (χ3v) is 6.91. The van der Waals surface area contributed by atoms with Crippen LogP contribution in [0.25, 0.3) is 22.8 Å². The van der Waals surface area contributed by atoms with E-state index < -0.39 is 29.4 Å². The molecule has 5 rings (SSSR count). The van der Waals surface area contributed by atoms with Crippen LogP contribution >= 0.6 is 0 Å². The van der Waals surface area contributed by atoms with Crippen LogP contribution in [0.3, 0.4) is 0 Å². The van der Waals surface area contributed by atoms with Crippen LogP contribution in [0.15, 0.2) is 65.6 Å². The number of nitrogens with zero attached hydrogens (tertiary/aromatic N) is 6. The van der Waals surface area contributed by atoms with Crippen molar-refractivity contribution in [2.45, 2.75) is 25.1 Å². The summed E-state index contributed by atoms with van der Waals surface area (Å²) in [5.41, 5.74) is -1.01. The van der Waals surface area contributed by atoms with Gasteiger partial charge in [0.1, 0.15) is 11.8 Å². The summed E-state index contributed by atoms with van der Waals surface area (Å²) in [6, 6.07) is 14.2. The Balaban J connectivity index is 1.65. The molecule has 0 spiro atoms. The molecule has 1 saturated heterocycles. The summed E-state index contributed by atoms with van der Waals surface area (Å²) in [6.45, 7) is 0.756. The van der Waals surface area contributed by atoms with Crippen LogP contribution in [0, 0.1) is 11.3 Å². The van der Waals surface area contributed by atoms with Crippen molar-refractivity contribution in [2.24, 2.45) is 7.05 Å². The number of aromatic nitrogens is 4. The van der Waals surface area contributed by atoms with Crippen LogP contribution in [0.2, 0.25) is 0 Å². The van der Waals surface area contributed by atoms with Crippen molar-refractivity contribution >= 4 is 12.4 Å². The van der Waals surface area contributed by atoms with Gasteiger partial charge in [-0.15, -0.1) is 0 Å². The SMILES string of the molecule is Cn1c(-c2ccnn2-c2ccc(C#N)cc2)c(C(=O)OC2CCN(C=O)CC2)c(=O)n1-c1cccc(C(F)(F)F)c1. The first kappa shape index (κ1) is 27.4. The normalized spacial score (nSPS) is 14.1. The largest absolute Gasteiger partial charge is 0.458 e. The van der Waals surface area contributed by atoms with Gasteiger partial charge in [-0.2, -0.15) is 23.5 Å². The molecule has 2 aromatic heterocycles. The molecule has 210 valence electrons. The Morgan fingerprint density at radius 3 is 2.44 bits per heavy atom. The number of halogens is 3. The standard InChI is InChI=1S/C28H23F3N6O4/c1-34-25(23-9-12-33-36(23)20-7-5-18(16-32)6-8-20)24(27(40)41-22-10-13-35(17-38)14-11-22)26(39)37(34)21-4-2-3-19(15-21)28(29,30)31/h2-9,12,15,17,22H,10-11,13-14H2,1H3. The highest BCUT2D eigenvalue weighted by Crippen LogP contribution is 2.32. The molecule has 0 bridgehead atoms. The average Bonchev–Trinajstić information content (AvgIpc) is 3.54. The second kappa shape index (κ2) is 10.8. The number of carbonyl (C=O) groups excluding carboxylic acids is 2. The van der Waals surface area contributed by atoms with Crippen LogP contribution in [0.5, 0.6) is 0 Å². The predicted octanol–water partition coefficient (Wildman–Crippen LogP) is 3.70. The number of rotatable bonds is 6. The van der Waals surface area contributed by atoms with Crippen molar-refractivity contribution in [1.29, 1.82) is 5.26 Å². The summed E-state index contributed by atoms with van der Waals surface area (Å²) in [6.07, 6.45) is -2.30. The van der Waals surface area contributed by atoms with Gasteiger partial charge in [-0.25, -0.2) is 14.2 Å². The zero-order valence-corrected chi connectivity index (χ0v) is 21.7. The van der Waals surface area contributed by atoms with Crippen molar-refractivity contribution in [1.82, 2.24) is 24.0 Å². The average molecular weight is 565 g/mol. The number of nitriles is 1. The summed E-state index contributed by atoms with van der Waals surface area (Å²) in [5.74, 6) is -0.941. The first-order valence-corrected chi connectivity index (χ1v) is 12.6. The molecule has 3 heterocycles. The monoisotopic (exact) mass is 564 g/mol. The maximum Gasteiger partial charge on any atom is 0.416 e. The summed E-state index contributed by atoms with van der Waals surface area (Å²) in [7, 11) is 1.45. The number of ether oxygens (including phenoxy) is 1. The Morgan fingerprint density at radius 1 is 1.10 bits per heavy atom. The maximum absolute atomic E-state index is 13.8. The maximum atomic E-state index is 13.8. The van der Waals surface area contributed by atoms with Crippen molar-refractivity contribution in [3.8, 4) is 28.8 Å². The van der Waals surface area contributed by atoms with E-state index in [4.69, 9.17) is 10.00 Å². The van der Waals surface area contributed by atoms with Crippen molar-refractivity contribution in [3.63, 3.8) is 0 Å². The topological polar surface area (TPSA) is 115 Å². The molecule has 0 unspecified atom stereocenters. The minimum atomic E-state index is -4.65. The molecule has 0 N–H and O–H groups in total.